The molecule has 0 fully saturated rings. The van der Waals surface area contributed by atoms with Crippen molar-refractivity contribution in [2.75, 3.05) is 13.2 Å². The Labute approximate surface area is 504 Å². The van der Waals surface area contributed by atoms with Crippen molar-refractivity contribution < 1.29 is 28.6 Å². The van der Waals surface area contributed by atoms with E-state index in [4.69, 9.17) is 14.2 Å². The van der Waals surface area contributed by atoms with Crippen LogP contribution in [0.25, 0.3) is 0 Å². The van der Waals surface area contributed by atoms with E-state index in [1.54, 1.807) is 0 Å². The zero-order valence-corrected chi connectivity index (χ0v) is 52.4. The molecule has 0 rings (SSSR count). The van der Waals surface area contributed by atoms with E-state index >= 15 is 0 Å². The number of rotatable bonds is 57. The Morgan fingerprint density at radius 2 is 0.476 bits per heavy atom. The molecule has 0 aliphatic rings. The molecule has 0 saturated heterocycles. The lowest BCUT2D eigenvalue weighted by Gasteiger charge is -2.18. The van der Waals surface area contributed by atoms with Crippen molar-refractivity contribution in [1.29, 1.82) is 0 Å². The van der Waals surface area contributed by atoms with Crippen molar-refractivity contribution in [1.82, 2.24) is 0 Å². The highest BCUT2D eigenvalue weighted by molar-refractivity contribution is 5.71. The molecule has 0 aromatic rings. The third-order valence-corrected chi connectivity index (χ3v) is 13.2. The molecular weight excluding hydrogens is 1010 g/mol. The highest BCUT2D eigenvalue weighted by atomic mass is 16.6. The summed E-state index contributed by atoms with van der Waals surface area (Å²) in [5.41, 5.74) is 0. The average Bonchev–Trinajstić information content (AvgIpc) is 3.47. The number of allylic oxidation sites excluding steroid dienone is 30. The fourth-order valence-corrected chi connectivity index (χ4v) is 8.32. The minimum absolute atomic E-state index is 0.113. The summed E-state index contributed by atoms with van der Waals surface area (Å²) < 4.78 is 16.9. The van der Waals surface area contributed by atoms with Crippen LogP contribution in [0.15, 0.2) is 182 Å². The first-order valence-electron chi connectivity index (χ1n) is 32.8. The lowest BCUT2D eigenvalue weighted by molar-refractivity contribution is -0.167. The summed E-state index contributed by atoms with van der Waals surface area (Å²) >= 11 is 0. The Bertz CT molecular complexity index is 1920. The fraction of sp³-hybridized carbons (Fsp3) is 0.566. The SMILES string of the molecule is CC/C=C\C/C=C\C/C=C\C/C=C\C/C=C\C/C=C\C/C=C\C/C=C\CCCCC(=O)OCC(COC(=O)CCCCCCCCCCCCCC)OC(=O)CCCCC/C=C\C/C=C\C/C=C\C/C=C\C/C=C\C/C=C\C/C=C\CC. The summed E-state index contributed by atoms with van der Waals surface area (Å²) in [5.74, 6) is -0.998. The first-order chi connectivity index (χ1) is 40.5. The fourth-order valence-electron chi connectivity index (χ4n) is 8.32. The topological polar surface area (TPSA) is 78.9 Å². The summed E-state index contributed by atoms with van der Waals surface area (Å²) in [6.45, 7) is 6.34. The smallest absolute Gasteiger partial charge is 0.306 e. The largest absolute Gasteiger partial charge is 0.462 e. The van der Waals surface area contributed by atoms with E-state index in [-0.39, 0.29) is 44.0 Å². The van der Waals surface area contributed by atoms with E-state index in [2.05, 4.69) is 203 Å². The summed E-state index contributed by atoms with van der Waals surface area (Å²) in [4.78, 5) is 38.3. The molecule has 0 aromatic carbocycles. The third-order valence-electron chi connectivity index (χ3n) is 13.2. The highest BCUT2D eigenvalue weighted by Gasteiger charge is 2.19. The number of carbonyl (C=O) groups is 3. The van der Waals surface area contributed by atoms with E-state index < -0.39 is 6.10 Å². The van der Waals surface area contributed by atoms with Gasteiger partial charge in [-0.05, 0) is 141 Å². The minimum Gasteiger partial charge on any atom is -0.462 e. The van der Waals surface area contributed by atoms with Crippen LogP contribution < -0.4 is 0 Å². The van der Waals surface area contributed by atoms with Gasteiger partial charge in [0.15, 0.2) is 6.10 Å². The number of carbonyl (C=O) groups excluding carboxylic acids is 3. The zero-order chi connectivity index (χ0) is 59.2. The molecule has 0 radical (unpaired) electrons. The van der Waals surface area contributed by atoms with E-state index in [0.717, 1.165) is 148 Å². The molecule has 0 N–H and O–H groups in total. The maximum absolute atomic E-state index is 12.9. The summed E-state index contributed by atoms with van der Waals surface area (Å²) in [6, 6.07) is 0. The average molecular weight is 1130 g/mol. The van der Waals surface area contributed by atoms with Crippen LogP contribution in [0.5, 0.6) is 0 Å². The second-order valence-electron chi connectivity index (χ2n) is 20.9. The standard InChI is InChI=1S/C76H118O6/c1-4-7-10-13-16-19-22-25-27-29-31-33-35-37-38-40-41-43-45-47-49-51-54-57-60-63-66-69-75(78)81-72-73(71-80-74(77)68-65-62-59-56-53-24-21-18-15-12-9-6-3)82-76(79)70-67-64-61-58-55-52-50-48-46-44-42-39-36-34-32-30-28-26-23-20-17-14-11-8-5-2/h7-8,10-11,16-17,19-20,25-28,31-34,37-39,41-43,46-49,52,54-55,57,73H,4-6,9,12-15,18,21-24,29-30,35-36,40,44-45,50-51,53,56,58-72H2,1-3H3/b10-7-,11-8-,19-16-,20-17-,27-25-,28-26-,33-31-,34-32-,38-37-,42-39-,43-41-,48-46-,49-47-,55-52-,57-54-. The Morgan fingerprint density at radius 3 is 0.768 bits per heavy atom. The second-order valence-corrected chi connectivity index (χ2v) is 20.9. The molecule has 0 aliphatic heterocycles. The van der Waals surface area contributed by atoms with Gasteiger partial charge in [-0.15, -0.1) is 0 Å². The van der Waals surface area contributed by atoms with Gasteiger partial charge in [-0.25, -0.2) is 0 Å². The molecule has 82 heavy (non-hydrogen) atoms. The van der Waals surface area contributed by atoms with Crippen LogP contribution in [-0.4, -0.2) is 37.2 Å². The van der Waals surface area contributed by atoms with Gasteiger partial charge in [0.05, 0.1) is 0 Å². The normalized spacial score (nSPS) is 13.4. The van der Waals surface area contributed by atoms with Gasteiger partial charge in [-0.1, -0.05) is 280 Å². The van der Waals surface area contributed by atoms with Gasteiger partial charge in [0.25, 0.3) is 0 Å². The van der Waals surface area contributed by atoms with Crippen LogP contribution in [-0.2, 0) is 28.6 Å². The number of hydrogen-bond acceptors (Lipinski definition) is 6. The van der Waals surface area contributed by atoms with Crippen LogP contribution >= 0.6 is 0 Å². The molecule has 458 valence electrons. The Balaban J connectivity index is 4.51. The molecule has 1 atom stereocenters. The summed E-state index contributed by atoms with van der Waals surface area (Å²) in [6.07, 6.45) is 102. The van der Waals surface area contributed by atoms with Gasteiger partial charge in [-0.2, -0.15) is 0 Å². The summed E-state index contributed by atoms with van der Waals surface area (Å²) in [7, 11) is 0. The van der Waals surface area contributed by atoms with Crippen molar-refractivity contribution in [3.05, 3.63) is 182 Å². The van der Waals surface area contributed by atoms with Gasteiger partial charge in [0.1, 0.15) is 13.2 Å². The maximum atomic E-state index is 12.9. The first-order valence-corrected chi connectivity index (χ1v) is 32.8. The number of unbranched alkanes of at least 4 members (excludes halogenated alkanes) is 16. The van der Waals surface area contributed by atoms with Crippen LogP contribution in [0, 0.1) is 0 Å². The second kappa shape index (κ2) is 68.0. The molecule has 0 bridgehead atoms. The molecule has 0 spiro atoms. The lowest BCUT2D eigenvalue weighted by Crippen LogP contribution is -2.30. The molecule has 6 nitrogen and oxygen atoms in total. The zero-order valence-electron chi connectivity index (χ0n) is 52.4. The van der Waals surface area contributed by atoms with E-state index in [9.17, 15) is 14.4 Å². The van der Waals surface area contributed by atoms with Crippen molar-refractivity contribution >= 4 is 17.9 Å². The molecule has 0 aliphatic carbocycles. The monoisotopic (exact) mass is 1130 g/mol. The van der Waals surface area contributed by atoms with Gasteiger partial charge in [0.2, 0.25) is 0 Å². The summed E-state index contributed by atoms with van der Waals surface area (Å²) in [5, 5.41) is 0. The molecular formula is C76H118O6. The quantitative estimate of drug-likeness (QED) is 0.0261. The molecule has 0 heterocycles. The molecule has 0 aromatic heterocycles. The highest BCUT2D eigenvalue weighted by Crippen LogP contribution is 2.14. The van der Waals surface area contributed by atoms with Gasteiger partial charge < -0.3 is 14.2 Å². The third kappa shape index (κ3) is 65.3. The van der Waals surface area contributed by atoms with E-state index in [1.165, 1.54) is 57.8 Å². The van der Waals surface area contributed by atoms with Crippen molar-refractivity contribution in [3.8, 4) is 0 Å². The van der Waals surface area contributed by atoms with Crippen LogP contribution in [0.2, 0.25) is 0 Å². The van der Waals surface area contributed by atoms with Gasteiger partial charge >= 0.3 is 17.9 Å². The molecule has 0 saturated carbocycles. The predicted octanol–water partition coefficient (Wildman–Crippen LogP) is 22.8. The lowest BCUT2D eigenvalue weighted by atomic mass is 10.0. The molecule has 6 heteroatoms. The van der Waals surface area contributed by atoms with Crippen LogP contribution in [0.3, 0.4) is 0 Å². The Kier molecular flexibility index (Phi) is 63.5. The van der Waals surface area contributed by atoms with E-state index in [1.807, 2.05) is 0 Å². The van der Waals surface area contributed by atoms with Crippen LogP contribution in [0.4, 0.5) is 0 Å². The van der Waals surface area contributed by atoms with E-state index in [0.29, 0.717) is 19.3 Å². The van der Waals surface area contributed by atoms with Crippen molar-refractivity contribution in [2.24, 2.45) is 0 Å². The van der Waals surface area contributed by atoms with Crippen LogP contribution in [0.1, 0.15) is 258 Å². The number of esters is 3. The number of ether oxygens (including phenoxy) is 3. The molecule has 0 amide bonds. The van der Waals surface area contributed by atoms with Crippen molar-refractivity contribution in [2.45, 2.75) is 264 Å². The Morgan fingerprint density at radius 1 is 0.256 bits per heavy atom. The maximum Gasteiger partial charge on any atom is 0.306 e. The Hall–Kier alpha value is -5.49. The minimum atomic E-state index is -0.824. The van der Waals surface area contributed by atoms with Gasteiger partial charge in [-0.3, -0.25) is 14.4 Å². The van der Waals surface area contributed by atoms with Crippen molar-refractivity contribution in [3.63, 3.8) is 0 Å². The molecule has 1 unspecified atom stereocenters. The van der Waals surface area contributed by atoms with Gasteiger partial charge in [0, 0.05) is 19.3 Å². The first kappa shape index (κ1) is 76.5. The number of hydrogen-bond donors (Lipinski definition) is 0. The predicted molar refractivity (Wildman–Crippen MR) is 357 cm³/mol.